The number of oxazole rings is 1. The van der Waals surface area contributed by atoms with Crippen molar-refractivity contribution in [3.63, 3.8) is 0 Å². The lowest BCUT2D eigenvalue weighted by Gasteiger charge is -2.34. The van der Waals surface area contributed by atoms with E-state index >= 15 is 0 Å². The van der Waals surface area contributed by atoms with E-state index in [1.807, 2.05) is 0 Å². The first-order valence-corrected chi connectivity index (χ1v) is 5.20. The first-order valence-electron chi connectivity index (χ1n) is 5.20. The van der Waals surface area contributed by atoms with Gasteiger partial charge in [-0.1, -0.05) is 0 Å². The van der Waals surface area contributed by atoms with Crippen molar-refractivity contribution in [1.82, 2.24) is 4.98 Å². The minimum atomic E-state index is -0.990. The maximum atomic E-state index is 10.8. The monoisotopic (exact) mass is 234 g/mol. The number of aliphatic hydroxyl groups excluding tert-OH is 1. The van der Waals surface area contributed by atoms with Crippen molar-refractivity contribution in [2.75, 3.05) is 18.0 Å². The molecule has 2 heterocycles. The Hall–Kier alpha value is -2.08. The number of hydrogen-bond donors (Lipinski definition) is 2. The van der Waals surface area contributed by atoms with Gasteiger partial charge in [-0.05, 0) is 18.2 Å². The van der Waals surface area contributed by atoms with Crippen molar-refractivity contribution < 1.29 is 19.4 Å². The number of hydrogen-bond acceptors (Lipinski definition) is 5. The highest BCUT2D eigenvalue weighted by Gasteiger charge is 2.28. The SMILES string of the molecule is O=C(O)c1ccc2oc(N3CC(O)C3)nc2c1. The topological polar surface area (TPSA) is 86.8 Å². The van der Waals surface area contributed by atoms with Gasteiger partial charge in [-0.3, -0.25) is 0 Å². The number of carboxylic acid groups (broad SMARTS) is 1. The molecule has 0 radical (unpaired) electrons. The standard InChI is InChI=1S/C11H10N2O4/c14-7-4-13(5-7)11-12-8-3-6(10(15)16)1-2-9(8)17-11/h1-3,7,14H,4-5H2,(H,15,16). The Morgan fingerprint density at radius 1 is 1.47 bits per heavy atom. The van der Waals surface area contributed by atoms with Crippen LogP contribution in [0.5, 0.6) is 0 Å². The van der Waals surface area contributed by atoms with Gasteiger partial charge in [0.15, 0.2) is 5.58 Å². The van der Waals surface area contributed by atoms with E-state index in [1.165, 1.54) is 12.1 Å². The molecule has 17 heavy (non-hydrogen) atoms. The van der Waals surface area contributed by atoms with Gasteiger partial charge >= 0.3 is 5.97 Å². The Labute approximate surface area is 96.1 Å². The number of anilines is 1. The van der Waals surface area contributed by atoms with E-state index in [2.05, 4.69) is 4.98 Å². The number of carbonyl (C=O) groups is 1. The van der Waals surface area contributed by atoms with Crippen LogP contribution in [0, 0.1) is 0 Å². The molecule has 1 aromatic carbocycles. The number of carboxylic acids is 1. The molecule has 2 aromatic rings. The molecule has 0 unspecified atom stereocenters. The molecule has 1 aliphatic heterocycles. The van der Waals surface area contributed by atoms with Crippen LogP contribution in [0.4, 0.5) is 6.01 Å². The zero-order chi connectivity index (χ0) is 12.0. The van der Waals surface area contributed by atoms with Crippen LogP contribution in [0.2, 0.25) is 0 Å². The number of aliphatic hydroxyl groups is 1. The summed E-state index contributed by atoms with van der Waals surface area (Å²) in [6.07, 6.45) is -0.334. The largest absolute Gasteiger partial charge is 0.478 e. The molecule has 2 N–H and O–H groups in total. The Bertz CT molecular complexity index is 586. The summed E-state index contributed by atoms with van der Waals surface area (Å²) in [7, 11) is 0. The number of rotatable bonds is 2. The molecule has 1 fully saturated rings. The Morgan fingerprint density at radius 2 is 2.24 bits per heavy atom. The van der Waals surface area contributed by atoms with Crippen molar-refractivity contribution in [1.29, 1.82) is 0 Å². The predicted octanol–water partition coefficient (Wildman–Crippen LogP) is 0.707. The van der Waals surface area contributed by atoms with Crippen molar-refractivity contribution in [3.05, 3.63) is 23.8 Å². The van der Waals surface area contributed by atoms with Crippen molar-refractivity contribution in [2.24, 2.45) is 0 Å². The molecule has 0 aliphatic carbocycles. The summed E-state index contributed by atoms with van der Waals surface area (Å²) in [5.74, 6) is -0.990. The summed E-state index contributed by atoms with van der Waals surface area (Å²) in [6, 6.07) is 4.96. The van der Waals surface area contributed by atoms with Gasteiger partial charge in [-0.2, -0.15) is 4.98 Å². The van der Waals surface area contributed by atoms with E-state index in [-0.39, 0.29) is 11.7 Å². The third kappa shape index (κ3) is 1.62. The molecule has 88 valence electrons. The summed E-state index contributed by atoms with van der Waals surface area (Å²) in [5, 5.41) is 18.0. The second kappa shape index (κ2) is 3.46. The second-order valence-electron chi connectivity index (χ2n) is 4.04. The fourth-order valence-corrected chi connectivity index (χ4v) is 1.80. The predicted molar refractivity (Wildman–Crippen MR) is 59.2 cm³/mol. The van der Waals surface area contributed by atoms with Gasteiger partial charge in [0.1, 0.15) is 5.52 Å². The van der Waals surface area contributed by atoms with Crippen LogP contribution in [0.3, 0.4) is 0 Å². The van der Waals surface area contributed by atoms with Gasteiger partial charge in [0.05, 0.1) is 24.8 Å². The van der Waals surface area contributed by atoms with Crippen LogP contribution in [-0.2, 0) is 0 Å². The van der Waals surface area contributed by atoms with Gasteiger partial charge in [-0.25, -0.2) is 4.79 Å². The Kier molecular flexibility index (Phi) is 2.05. The fourth-order valence-electron chi connectivity index (χ4n) is 1.80. The number of fused-ring (bicyclic) bond motifs is 1. The Morgan fingerprint density at radius 3 is 2.88 bits per heavy atom. The van der Waals surface area contributed by atoms with E-state index in [0.717, 1.165) is 0 Å². The summed E-state index contributed by atoms with van der Waals surface area (Å²) in [6.45, 7) is 0.997. The van der Waals surface area contributed by atoms with E-state index in [0.29, 0.717) is 30.2 Å². The Balaban J connectivity index is 1.98. The number of nitrogens with zero attached hydrogens (tertiary/aromatic N) is 2. The van der Waals surface area contributed by atoms with Crippen LogP contribution in [0.15, 0.2) is 22.6 Å². The average molecular weight is 234 g/mol. The van der Waals surface area contributed by atoms with Gasteiger partial charge in [0.2, 0.25) is 0 Å². The fraction of sp³-hybridized carbons (Fsp3) is 0.273. The zero-order valence-corrected chi connectivity index (χ0v) is 8.83. The van der Waals surface area contributed by atoms with Crippen LogP contribution in [-0.4, -0.2) is 40.4 Å². The van der Waals surface area contributed by atoms with Crippen LogP contribution >= 0.6 is 0 Å². The van der Waals surface area contributed by atoms with Gasteiger partial charge in [0.25, 0.3) is 6.01 Å². The van der Waals surface area contributed by atoms with Crippen LogP contribution < -0.4 is 4.90 Å². The summed E-state index contributed by atoms with van der Waals surface area (Å²) in [5.41, 5.74) is 1.24. The maximum absolute atomic E-state index is 10.8. The molecule has 1 aliphatic rings. The molecular formula is C11H10N2O4. The van der Waals surface area contributed by atoms with Gasteiger partial charge in [-0.15, -0.1) is 0 Å². The lowest BCUT2D eigenvalue weighted by Crippen LogP contribution is -2.51. The summed E-state index contributed by atoms with van der Waals surface area (Å²) >= 11 is 0. The molecule has 1 aromatic heterocycles. The van der Waals surface area contributed by atoms with E-state index in [4.69, 9.17) is 9.52 Å². The lowest BCUT2D eigenvalue weighted by molar-refractivity contribution is 0.0697. The molecule has 0 bridgehead atoms. The summed E-state index contributed by atoms with van der Waals surface area (Å²) < 4.78 is 5.47. The molecule has 0 atom stereocenters. The molecule has 6 nitrogen and oxygen atoms in total. The van der Waals surface area contributed by atoms with Gasteiger partial charge in [0, 0.05) is 0 Å². The number of β-amino-alcohol motifs (C(OH)–C–C–N with tert-alkyl or cyclic N) is 1. The van der Waals surface area contributed by atoms with Crippen molar-refractivity contribution in [2.45, 2.75) is 6.10 Å². The smallest absolute Gasteiger partial charge is 0.335 e. The minimum Gasteiger partial charge on any atom is -0.478 e. The zero-order valence-electron chi connectivity index (χ0n) is 8.83. The number of benzene rings is 1. The van der Waals surface area contributed by atoms with Crippen molar-refractivity contribution >= 4 is 23.1 Å². The number of aromatic nitrogens is 1. The number of aromatic carboxylic acids is 1. The molecule has 0 saturated carbocycles. The normalized spacial score (nSPS) is 16.2. The first-order chi connectivity index (χ1) is 8.13. The minimum absolute atomic E-state index is 0.181. The highest BCUT2D eigenvalue weighted by molar-refractivity contribution is 5.92. The third-order valence-electron chi connectivity index (χ3n) is 2.76. The maximum Gasteiger partial charge on any atom is 0.335 e. The highest BCUT2D eigenvalue weighted by Crippen LogP contribution is 2.25. The van der Waals surface area contributed by atoms with E-state index < -0.39 is 5.97 Å². The average Bonchev–Trinajstić information content (AvgIpc) is 2.66. The first kappa shape index (κ1) is 10.1. The lowest BCUT2D eigenvalue weighted by atomic mass is 10.2. The van der Waals surface area contributed by atoms with E-state index in [9.17, 15) is 9.90 Å². The van der Waals surface area contributed by atoms with Crippen LogP contribution in [0.25, 0.3) is 11.1 Å². The van der Waals surface area contributed by atoms with E-state index in [1.54, 1.807) is 11.0 Å². The molecule has 1 saturated heterocycles. The highest BCUT2D eigenvalue weighted by atomic mass is 16.4. The van der Waals surface area contributed by atoms with Crippen LogP contribution in [0.1, 0.15) is 10.4 Å². The molecular weight excluding hydrogens is 224 g/mol. The van der Waals surface area contributed by atoms with Crippen molar-refractivity contribution in [3.8, 4) is 0 Å². The molecule has 3 rings (SSSR count). The second-order valence-corrected chi connectivity index (χ2v) is 4.04. The molecule has 0 amide bonds. The summed E-state index contributed by atoms with van der Waals surface area (Å²) in [4.78, 5) is 16.8. The van der Waals surface area contributed by atoms with Gasteiger partial charge < -0.3 is 19.5 Å². The quantitative estimate of drug-likeness (QED) is 0.795. The third-order valence-corrected chi connectivity index (χ3v) is 2.76. The molecule has 6 heteroatoms. The molecule has 0 spiro atoms.